The average molecular weight is 222 g/mol. The summed E-state index contributed by atoms with van der Waals surface area (Å²) in [6, 6.07) is 0.336. The van der Waals surface area contributed by atoms with Crippen LogP contribution in [0, 0.1) is 0 Å². The Balaban J connectivity index is 1.71. The maximum atomic E-state index is 4.35. The van der Waals surface area contributed by atoms with Gasteiger partial charge in [0.25, 0.3) is 0 Å². The molecule has 4 nitrogen and oxygen atoms in total. The summed E-state index contributed by atoms with van der Waals surface area (Å²) < 4.78 is 2.08. The summed E-state index contributed by atoms with van der Waals surface area (Å²) in [5.74, 6) is 1.11. The number of aryl methyl sites for hydroxylation is 1. The van der Waals surface area contributed by atoms with E-state index < -0.39 is 0 Å². The van der Waals surface area contributed by atoms with E-state index in [1.165, 1.54) is 25.9 Å². The maximum absolute atomic E-state index is 4.35. The van der Waals surface area contributed by atoms with Crippen molar-refractivity contribution in [3.05, 3.63) is 18.2 Å². The zero-order valence-corrected chi connectivity index (χ0v) is 10.3. The molecule has 1 atom stereocenters. The largest absolute Gasteiger partial charge is 0.337 e. The molecule has 0 saturated carbocycles. The van der Waals surface area contributed by atoms with Gasteiger partial charge in [0.15, 0.2) is 0 Å². The highest BCUT2D eigenvalue weighted by Crippen LogP contribution is 2.09. The molecule has 1 unspecified atom stereocenters. The van der Waals surface area contributed by atoms with Crippen LogP contribution in [-0.2, 0) is 7.05 Å². The lowest BCUT2D eigenvalue weighted by Gasteiger charge is -2.18. The maximum Gasteiger partial charge on any atom is 0.125 e. The number of nitrogens with zero attached hydrogens (tertiary/aromatic N) is 3. The molecule has 0 radical (unpaired) electrons. The number of aromatic nitrogens is 2. The molecule has 4 heteroatoms. The molecule has 1 aromatic rings. The zero-order chi connectivity index (χ0) is 11.4. The molecule has 16 heavy (non-hydrogen) atoms. The molecule has 2 rings (SSSR count). The van der Waals surface area contributed by atoms with Gasteiger partial charge in [-0.15, -0.1) is 0 Å². The van der Waals surface area contributed by atoms with Crippen molar-refractivity contribution < 1.29 is 0 Å². The summed E-state index contributed by atoms with van der Waals surface area (Å²) in [5, 5.41) is 3.53. The molecule has 1 fully saturated rings. The van der Waals surface area contributed by atoms with E-state index in [0.29, 0.717) is 6.04 Å². The second kappa shape index (κ2) is 5.46. The summed E-state index contributed by atoms with van der Waals surface area (Å²) in [6.45, 7) is 6.94. The van der Waals surface area contributed by atoms with Crippen molar-refractivity contribution in [3.63, 3.8) is 0 Å². The lowest BCUT2D eigenvalue weighted by Crippen LogP contribution is -2.32. The standard InChI is InChI=1S/C12H22N4/c1-11(12-14-5-9-15(12)2)13-6-10-16-7-3-4-8-16/h5,9,11,13H,3-4,6-8,10H2,1-2H3. The van der Waals surface area contributed by atoms with E-state index in [9.17, 15) is 0 Å². The molecule has 1 saturated heterocycles. The van der Waals surface area contributed by atoms with Crippen LogP contribution >= 0.6 is 0 Å². The van der Waals surface area contributed by atoms with Gasteiger partial charge in [0, 0.05) is 32.5 Å². The van der Waals surface area contributed by atoms with Crippen LogP contribution in [0.5, 0.6) is 0 Å². The average Bonchev–Trinajstić information content (AvgIpc) is 2.88. The number of rotatable bonds is 5. The topological polar surface area (TPSA) is 33.1 Å². The molecule has 1 aliphatic heterocycles. The first kappa shape index (κ1) is 11.6. The predicted octanol–water partition coefficient (Wildman–Crippen LogP) is 1.17. The molecular formula is C12H22N4. The quantitative estimate of drug-likeness (QED) is 0.812. The van der Waals surface area contributed by atoms with E-state index >= 15 is 0 Å². The van der Waals surface area contributed by atoms with Crippen LogP contribution in [0.15, 0.2) is 12.4 Å². The van der Waals surface area contributed by atoms with Crippen molar-refractivity contribution in [3.8, 4) is 0 Å². The van der Waals surface area contributed by atoms with E-state index in [1.54, 1.807) is 0 Å². The molecule has 0 amide bonds. The second-order valence-corrected chi connectivity index (χ2v) is 4.62. The fourth-order valence-corrected chi connectivity index (χ4v) is 2.33. The SMILES string of the molecule is CC(NCCN1CCCC1)c1nccn1C. The van der Waals surface area contributed by atoms with Gasteiger partial charge in [0.1, 0.15) is 5.82 Å². The number of nitrogens with one attached hydrogen (secondary N) is 1. The summed E-state index contributed by atoms with van der Waals surface area (Å²) in [7, 11) is 2.04. The highest BCUT2D eigenvalue weighted by molar-refractivity contribution is 4.96. The van der Waals surface area contributed by atoms with Crippen molar-refractivity contribution in [1.82, 2.24) is 19.8 Å². The fourth-order valence-electron chi connectivity index (χ4n) is 2.33. The molecule has 0 bridgehead atoms. The van der Waals surface area contributed by atoms with Gasteiger partial charge in [-0.25, -0.2) is 4.98 Å². The Bertz CT molecular complexity index is 315. The highest BCUT2D eigenvalue weighted by Gasteiger charge is 2.12. The summed E-state index contributed by atoms with van der Waals surface area (Å²) in [5.41, 5.74) is 0. The Kier molecular flexibility index (Phi) is 3.96. The van der Waals surface area contributed by atoms with Crippen molar-refractivity contribution >= 4 is 0 Å². The first-order valence-electron chi connectivity index (χ1n) is 6.20. The zero-order valence-electron chi connectivity index (χ0n) is 10.3. The third-order valence-electron chi connectivity index (χ3n) is 3.32. The normalized spacial score (nSPS) is 19.1. The monoisotopic (exact) mass is 222 g/mol. The third-order valence-corrected chi connectivity index (χ3v) is 3.32. The fraction of sp³-hybridized carbons (Fsp3) is 0.750. The molecule has 1 N–H and O–H groups in total. The number of hydrogen-bond donors (Lipinski definition) is 1. The van der Waals surface area contributed by atoms with Crippen LogP contribution in [0.25, 0.3) is 0 Å². The first-order valence-corrected chi connectivity index (χ1v) is 6.20. The molecule has 0 aromatic carbocycles. The Morgan fingerprint density at radius 3 is 2.81 bits per heavy atom. The van der Waals surface area contributed by atoms with E-state index in [1.807, 2.05) is 19.4 Å². The third kappa shape index (κ3) is 2.83. The molecular weight excluding hydrogens is 200 g/mol. The van der Waals surface area contributed by atoms with E-state index in [-0.39, 0.29) is 0 Å². The molecule has 1 aliphatic rings. The molecule has 90 valence electrons. The highest BCUT2D eigenvalue weighted by atomic mass is 15.2. The Labute approximate surface area is 97.7 Å². The first-order chi connectivity index (χ1) is 7.77. The molecule has 2 heterocycles. The summed E-state index contributed by atoms with van der Waals surface area (Å²) in [6.07, 6.45) is 6.59. The molecule has 0 aliphatic carbocycles. The van der Waals surface area contributed by atoms with Gasteiger partial charge in [0.05, 0.1) is 6.04 Å². The van der Waals surface area contributed by atoms with Gasteiger partial charge >= 0.3 is 0 Å². The number of hydrogen-bond acceptors (Lipinski definition) is 3. The van der Waals surface area contributed by atoms with E-state index in [2.05, 4.69) is 26.7 Å². The van der Waals surface area contributed by atoms with Gasteiger partial charge in [-0.2, -0.15) is 0 Å². The van der Waals surface area contributed by atoms with Crippen molar-refractivity contribution in [2.24, 2.45) is 7.05 Å². The van der Waals surface area contributed by atoms with Crippen LogP contribution in [0.4, 0.5) is 0 Å². The minimum absolute atomic E-state index is 0.336. The van der Waals surface area contributed by atoms with E-state index in [0.717, 1.165) is 18.9 Å². The van der Waals surface area contributed by atoms with Gasteiger partial charge in [-0.1, -0.05) is 0 Å². The van der Waals surface area contributed by atoms with Crippen LogP contribution < -0.4 is 5.32 Å². The second-order valence-electron chi connectivity index (χ2n) is 4.62. The Hall–Kier alpha value is -0.870. The Morgan fingerprint density at radius 1 is 1.44 bits per heavy atom. The van der Waals surface area contributed by atoms with Crippen LogP contribution in [-0.4, -0.2) is 40.6 Å². The van der Waals surface area contributed by atoms with Gasteiger partial charge in [-0.05, 0) is 32.9 Å². The van der Waals surface area contributed by atoms with Gasteiger partial charge < -0.3 is 14.8 Å². The van der Waals surface area contributed by atoms with Crippen molar-refractivity contribution in [1.29, 1.82) is 0 Å². The lowest BCUT2D eigenvalue weighted by molar-refractivity contribution is 0.328. The number of imidazole rings is 1. The molecule has 1 aromatic heterocycles. The minimum atomic E-state index is 0.336. The van der Waals surface area contributed by atoms with Crippen LogP contribution in [0.1, 0.15) is 31.6 Å². The van der Waals surface area contributed by atoms with Crippen molar-refractivity contribution in [2.45, 2.75) is 25.8 Å². The Morgan fingerprint density at radius 2 is 2.19 bits per heavy atom. The molecule has 0 spiro atoms. The van der Waals surface area contributed by atoms with Crippen molar-refractivity contribution in [2.75, 3.05) is 26.2 Å². The van der Waals surface area contributed by atoms with Crippen LogP contribution in [0.2, 0.25) is 0 Å². The predicted molar refractivity (Wildman–Crippen MR) is 65.3 cm³/mol. The van der Waals surface area contributed by atoms with Crippen LogP contribution in [0.3, 0.4) is 0 Å². The summed E-state index contributed by atoms with van der Waals surface area (Å²) >= 11 is 0. The summed E-state index contributed by atoms with van der Waals surface area (Å²) in [4.78, 5) is 6.88. The minimum Gasteiger partial charge on any atom is -0.337 e. The van der Waals surface area contributed by atoms with Gasteiger partial charge in [0.2, 0.25) is 0 Å². The number of likely N-dealkylation sites (tertiary alicyclic amines) is 1. The van der Waals surface area contributed by atoms with Gasteiger partial charge in [-0.3, -0.25) is 0 Å². The lowest BCUT2D eigenvalue weighted by atomic mass is 10.3. The smallest absolute Gasteiger partial charge is 0.125 e. The van der Waals surface area contributed by atoms with E-state index in [4.69, 9.17) is 0 Å².